The molecule has 3 atom stereocenters. The molecule has 0 radical (unpaired) electrons. The summed E-state index contributed by atoms with van der Waals surface area (Å²) in [6, 6.07) is 1.09. The highest BCUT2D eigenvalue weighted by molar-refractivity contribution is 5.93. The predicted molar refractivity (Wildman–Crippen MR) is 82.7 cm³/mol. The molecule has 1 aromatic heterocycles. The van der Waals surface area contributed by atoms with E-state index < -0.39 is 6.10 Å². The number of aliphatic hydroxyl groups is 1. The Kier molecular flexibility index (Phi) is 4.16. The highest BCUT2D eigenvalue weighted by Crippen LogP contribution is 2.42. The van der Waals surface area contributed by atoms with Crippen molar-refractivity contribution in [1.82, 2.24) is 9.88 Å². The summed E-state index contributed by atoms with van der Waals surface area (Å²) in [5, 5.41) is 9.98. The zero-order valence-electron chi connectivity index (χ0n) is 13.4. The van der Waals surface area contributed by atoms with Gasteiger partial charge in [0, 0.05) is 25.9 Å². The highest BCUT2D eigenvalue weighted by atomic mass is 16.5. The Labute approximate surface area is 134 Å². The molecular weight excluding hydrogens is 300 g/mol. The van der Waals surface area contributed by atoms with Crippen LogP contribution in [-0.4, -0.2) is 59.4 Å². The van der Waals surface area contributed by atoms with E-state index in [1.54, 1.807) is 12.0 Å². The number of likely N-dealkylation sites (tertiary alicyclic amines) is 1. The number of pyridine rings is 1. The van der Waals surface area contributed by atoms with Crippen LogP contribution in [0, 0.1) is 0 Å². The van der Waals surface area contributed by atoms with Crippen LogP contribution < -0.4 is 10.2 Å². The maximum absolute atomic E-state index is 12.8. The molecule has 7 nitrogen and oxygen atoms in total. The monoisotopic (exact) mass is 322 g/mol. The normalized spacial score (nSPS) is 30.1. The molecule has 1 saturated carbocycles. The van der Waals surface area contributed by atoms with E-state index in [1.165, 1.54) is 19.4 Å². The molecule has 23 heavy (non-hydrogen) atoms. The number of aromatic amines is 1. The van der Waals surface area contributed by atoms with Crippen molar-refractivity contribution < 1.29 is 19.4 Å². The van der Waals surface area contributed by atoms with Gasteiger partial charge in [-0.1, -0.05) is 0 Å². The van der Waals surface area contributed by atoms with Crippen LogP contribution in [0.1, 0.15) is 36.2 Å². The summed E-state index contributed by atoms with van der Waals surface area (Å²) in [7, 11) is 3.07. The number of carbonyl (C=O) groups excluding carboxylic acids is 1. The van der Waals surface area contributed by atoms with Crippen LogP contribution in [0.5, 0.6) is 5.75 Å². The van der Waals surface area contributed by atoms with Gasteiger partial charge >= 0.3 is 0 Å². The lowest BCUT2D eigenvalue weighted by molar-refractivity contribution is -0.0824. The number of aromatic nitrogens is 1. The second-order valence-corrected chi connectivity index (χ2v) is 6.24. The quantitative estimate of drug-likeness (QED) is 0.847. The number of aliphatic hydroxyl groups excluding tert-OH is 1. The number of hydrogen-bond donors (Lipinski definition) is 2. The van der Waals surface area contributed by atoms with Crippen molar-refractivity contribution in [1.29, 1.82) is 0 Å². The highest BCUT2D eigenvalue weighted by Gasteiger charge is 2.52. The topological polar surface area (TPSA) is 91.9 Å². The summed E-state index contributed by atoms with van der Waals surface area (Å²) in [4.78, 5) is 29.2. The lowest BCUT2D eigenvalue weighted by atomic mass is 9.79. The van der Waals surface area contributed by atoms with Crippen molar-refractivity contribution in [3.63, 3.8) is 0 Å². The summed E-state index contributed by atoms with van der Waals surface area (Å²) in [5.74, 6) is -0.0786. The Morgan fingerprint density at radius 1 is 1.43 bits per heavy atom. The molecule has 2 N–H and O–H groups in total. The van der Waals surface area contributed by atoms with Gasteiger partial charge in [-0.3, -0.25) is 9.59 Å². The molecule has 2 heterocycles. The number of ether oxygens (including phenoxy) is 2. The van der Waals surface area contributed by atoms with Gasteiger partial charge in [0.05, 0.1) is 24.9 Å². The van der Waals surface area contributed by atoms with Gasteiger partial charge in [0.15, 0.2) is 5.75 Å². The van der Waals surface area contributed by atoms with E-state index in [0.29, 0.717) is 19.4 Å². The molecule has 1 aliphatic carbocycles. The van der Waals surface area contributed by atoms with Crippen LogP contribution in [0.3, 0.4) is 0 Å². The van der Waals surface area contributed by atoms with E-state index in [0.717, 1.165) is 12.8 Å². The first-order valence-corrected chi connectivity index (χ1v) is 7.81. The molecule has 3 rings (SSSR count). The minimum Gasteiger partial charge on any atom is -0.491 e. The van der Waals surface area contributed by atoms with Crippen molar-refractivity contribution in [2.75, 3.05) is 20.8 Å². The maximum Gasteiger partial charge on any atom is 0.270 e. The molecule has 0 unspecified atom stereocenters. The van der Waals surface area contributed by atoms with Crippen molar-refractivity contribution in [2.24, 2.45) is 0 Å². The number of H-pyrrole nitrogens is 1. The Morgan fingerprint density at radius 2 is 2.22 bits per heavy atom. The van der Waals surface area contributed by atoms with E-state index >= 15 is 0 Å². The van der Waals surface area contributed by atoms with Crippen LogP contribution in [0.4, 0.5) is 0 Å². The van der Waals surface area contributed by atoms with Crippen molar-refractivity contribution in [3.8, 4) is 5.75 Å². The minimum atomic E-state index is -0.424. The van der Waals surface area contributed by atoms with Gasteiger partial charge in [-0.2, -0.15) is 0 Å². The molecule has 126 valence electrons. The van der Waals surface area contributed by atoms with Gasteiger partial charge in [-0.05, 0) is 25.7 Å². The van der Waals surface area contributed by atoms with E-state index in [-0.39, 0.29) is 34.4 Å². The number of methoxy groups -OCH3 is 2. The number of hydrogen-bond acceptors (Lipinski definition) is 5. The molecule has 2 aliphatic rings. The number of nitrogens with one attached hydrogen (secondary N) is 1. The van der Waals surface area contributed by atoms with Crippen molar-refractivity contribution >= 4 is 5.91 Å². The Balaban J connectivity index is 1.87. The molecule has 0 spiro atoms. The zero-order valence-corrected chi connectivity index (χ0v) is 13.4. The van der Waals surface area contributed by atoms with Crippen LogP contribution in [0.2, 0.25) is 0 Å². The van der Waals surface area contributed by atoms with E-state index in [9.17, 15) is 14.7 Å². The van der Waals surface area contributed by atoms with E-state index in [1.807, 2.05) is 0 Å². The van der Waals surface area contributed by atoms with E-state index in [4.69, 9.17) is 9.47 Å². The summed E-state index contributed by atoms with van der Waals surface area (Å²) >= 11 is 0. The van der Waals surface area contributed by atoms with E-state index in [2.05, 4.69) is 4.98 Å². The molecular formula is C16H22N2O5. The SMILES string of the molecule is COc1c[nH]c(C(=O)N2CC[C@]3(OC)CC[C@@H](O)C[C@H]23)cc1=O. The van der Waals surface area contributed by atoms with Crippen LogP contribution in [0.15, 0.2) is 17.1 Å². The first-order valence-electron chi connectivity index (χ1n) is 7.81. The van der Waals surface area contributed by atoms with Gasteiger partial charge in [-0.15, -0.1) is 0 Å². The minimum absolute atomic E-state index is 0.169. The summed E-state index contributed by atoms with van der Waals surface area (Å²) in [6.07, 6.45) is 3.63. The largest absolute Gasteiger partial charge is 0.491 e. The maximum atomic E-state index is 12.8. The Bertz CT molecular complexity index is 658. The van der Waals surface area contributed by atoms with Gasteiger partial charge in [0.1, 0.15) is 5.69 Å². The fraction of sp³-hybridized carbons (Fsp3) is 0.625. The Morgan fingerprint density at radius 3 is 2.87 bits per heavy atom. The van der Waals surface area contributed by atoms with Crippen LogP contribution in [0.25, 0.3) is 0 Å². The average Bonchev–Trinajstić information content (AvgIpc) is 2.93. The number of fused-ring (bicyclic) bond motifs is 1. The number of nitrogens with zero attached hydrogens (tertiary/aromatic N) is 1. The molecule has 1 saturated heterocycles. The standard InChI is InChI=1S/C16H22N2O5/c1-22-13-9-17-11(8-12(13)20)15(21)18-6-5-16(23-2)4-3-10(19)7-14(16)18/h8-10,14,19H,3-7H2,1-2H3,(H,17,20)/t10-,14+,16-/m1/s1. The summed E-state index contributed by atoms with van der Waals surface area (Å²) in [5.41, 5.74) is -0.500. The molecule has 2 fully saturated rings. The van der Waals surface area contributed by atoms with Gasteiger partial charge in [0.2, 0.25) is 5.43 Å². The average molecular weight is 322 g/mol. The smallest absolute Gasteiger partial charge is 0.270 e. The first kappa shape index (κ1) is 16.0. The summed E-state index contributed by atoms with van der Waals surface area (Å²) in [6.45, 7) is 0.554. The summed E-state index contributed by atoms with van der Waals surface area (Å²) < 4.78 is 10.6. The number of carbonyl (C=O) groups is 1. The molecule has 7 heteroatoms. The van der Waals surface area contributed by atoms with Crippen molar-refractivity contribution in [2.45, 2.75) is 43.4 Å². The number of amides is 1. The first-order chi connectivity index (χ1) is 11.0. The van der Waals surface area contributed by atoms with Gasteiger partial charge in [0.25, 0.3) is 5.91 Å². The van der Waals surface area contributed by atoms with Gasteiger partial charge in [-0.25, -0.2) is 0 Å². The van der Waals surface area contributed by atoms with Crippen LogP contribution >= 0.6 is 0 Å². The third kappa shape index (κ3) is 2.64. The Hall–Kier alpha value is -1.86. The third-order valence-electron chi connectivity index (χ3n) is 5.15. The molecule has 1 amide bonds. The molecule has 0 aromatic carbocycles. The second kappa shape index (κ2) is 5.98. The zero-order chi connectivity index (χ0) is 16.6. The molecule has 1 aliphatic heterocycles. The number of rotatable bonds is 3. The van der Waals surface area contributed by atoms with Crippen LogP contribution in [-0.2, 0) is 4.74 Å². The predicted octanol–water partition coefficient (Wildman–Crippen LogP) is 0.528. The molecule has 0 bridgehead atoms. The van der Waals surface area contributed by atoms with Crippen molar-refractivity contribution in [3.05, 3.63) is 28.2 Å². The second-order valence-electron chi connectivity index (χ2n) is 6.24. The lowest BCUT2D eigenvalue weighted by Gasteiger charge is -2.42. The fourth-order valence-corrected chi connectivity index (χ4v) is 3.82. The lowest BCUT2D eigenvalue weighted by Crippen LogP contribution is -2.52. The molecule has 1 aromatic rings. The third-order valence-corrected chi connectivity index (χ3v) is 5.15. The van der Waals surface area contributed by atoms with Gasteiger partial charge < -0.3 is 24.5 Å². The fourth-order valence-electron chi connectivity index (χ4n) is 3.82.